The van der Waals surface area contributed by atoms with Gasteiger partial charge in [-0.15, -0.1) is 0 Å². The predicted octanol–water partition coefficient (Wildman–Crippen LogP) is 1.84. The van der Waals surface area contributed by atoms with E-state index in [0.29, 0.717) is 19.6 Å². The van der Waals surface area contributed by atoms with Gasteiger partial charge >= 0.3 is 11.8 Å². The number of carbonyl (C=O) groups is 1. The van der Waals surface area contributed by atoms with E-state index in [-0.39, 0.29) is 17.2 Å². The van der Waals surface area contributed by atoms with Crippen LogP contribution >= 0.6 is 11.6 Å². The molecule has 0 bridgehead atoms. The minimum absolute atomic E-state index is 0.0809. The molecule has 0 aromatic carbocycles. The Kier molecular flexibility index (Phi) is 5.19. The molecule has 1 saturated heterocycles. The number of ether oxygens (including phenoxy) is 1. The molecular formula is C15H22ClN3O4. The number of rotatable bonds is 2. The number of H-pyrrole nitrogens is 1. The van der Waals surface area contributed by atoms with Crippen LogP contribution in [-0.2, 0) is 11.3 Å². The van der Waals surface area contributed by atoms with Crippen LogP contribution < -0.4 is 11.2 Å². The van der Waals surface area contributed by atoms with E-state index in [1.807, 2.05) is 20.8 Å². The molecule has 1 N–H and O–H groups in total. The Bertz CT molecular complexity index is 689. The second kappa shape index (κ2) is 6.78. The third-order valence-electron chi connectivity index (χ3n) is 3.59. The van der Waals surface area contributed by atoms with Crippen molar-refractivity contribution < 1.29 is 9.53 Å². The van der Waals surface area contributed by atoms with Gasteiger partial charge in [-0.05, 0) is 39.5 Å². The Morgan fingerprint density at radius 1 is 1.43 bits per heavy atom. The molecule has 1 aromatic heterocycles. The van der Waals surface area contributed by atoms with E-state index in [9.17, 15) is 14.4 Å². The first kappa shape index (κ1) is 17.6. The molecule has 0 aliphatic carbocycles. The summed E-state index contributed by atoms with van der Waals surface area (Å²) in [4.78, 5) is 39.1. The molecule has 1 aliphatic rings. The summed E-state index contributed by atoms with van der Waals surface area (Å²) < 4.78 is 6.71. The Morgan fingerprint density at radius 3 is 2.74 bits per heavy atom. The Morgan fingerprint density at radius 2 is 2.13 bits per heavy atom. The maximum atomic E-state index is 12.2. The average Bonchev–Trinajstić information content (AvgIpc) is 2.41. The van der Waals surface area contributed by atoms with Gasteiger partial charge < -0.3 is 9.64 Å². The van der Waals surface area contributed by atoms with Gasteiger partial charge in [-0.1, -0.05) is 11.6 Å². The summed E-state index contributed by atoms with van der Waals surface area (Å²) in [5, 5.41) is 0.105. The summed E-state index contributed by atoms with van der Waals surface area (Å²) in [5.74, 6) is 0.0809. The van der Waals surface area contributed by atoms with Crippen molar-refractivity contribution in [3.8, 4) is 0 Å². The first-order valence-electron chi connectivity index (χ1n) is 7.63. The lowest BCUT2D eigenvalue weighted by Crippen LogP contribution is -2.44. The maximum absolute atomic E-state index is 12.2. The van der Waals surface area contributed by atoms with Crippen molar-refractivity contribution >= 4 is 17.7 Å². The van der Waals surface area contributed by atoms with Crippen molar-refractivity contribution in [3.63, 3.8) is 0 Å². The van der Waals surface area contributed by atoms with Gasteiger partial charge in [0.25, 0.3) is 5.56 Å². The number of hydrogen-bond donors (Lipinski definition) is 1. The molecule has 0 unspecified atom stereocenters. The largest absolute Gasteiger partial charge is 0.444 e. The minimum atomic E-state index is -0.539. The third-order valence-corrected chi connectivity index (χ3v) is 3.91. The zero-order valence-electron chi connectivity index (χ0n) is 13.6. The van der Waals surface area contributed by atoms with Crippen LogP contribution in [0.5, 0.6) is 0 Å². The number of nitrogens with zero attached hydrogens (tertiary/aromatic N) is 2. The van der Waals surface area contributed by atoms with Crippen molar-refractivity contribution in [2.24, 2.45) is 5.92 Å². The fourth-order valence-electron chi connectivity index (χ4n) is 2.63. The van der Waals surface area contributed by atoms with Crippen molar-refractivity contribution in [2.75, 3.05) is 13.1 Å². The Labute approximate surface area is 139 Å². The van der Waals surface area contributed by atoms with E-state index in [0.717, 1.165) is 12.8 Å². The highest BCUT2D eigenvalue weighted by atomic mass is 35.5. The first-order valence-corrected chi connectivity index (χ1v) is 8.01. The standard InChI is InChI=1S/C15H22ClN3O4/c1-15(2,3)23-14(22)18-6-4-5-10(8-18)9-19-11(16)7-12(20)17-13(19)21/h7,10H,4-6,8-9H2,1-3H3,(H,17,20,21)/t10-/m1/s1. The van der Waals surface area contributed by atoms with Gasteiger partial charge in [0.2, 0.25) is 0 Å². The Hall–Kier alpha value is -1.76. The second-order valence-corrected chi connectivity index (χ2v) is 7.19. The lowest BCUT2D eigenvalue weighted by atomic mass is 9.98. The fraction of sp³-hybridized carbons (Fsp3) is 0.667. The number of likely N-dealkylation sites (tertiary alicyclic amines) is 1. The summed E-state index contributed by atoms with van der Waals surface area (Å²) in [6, 6.07) is 1.18. The second-order valence-electron chi connectivity index (χ2n) is 6.81. The average molecular weight is 344 g/mol. The summed E-state index contributed by atoms with van der Waals surface area (Å²) >= 11 is 5.98. The molecule has 7 nitrogen and oxygen atoms in total. The van der Waals surface area contributed by atoms with Gasteiger partial charge in [0.15, 0.2) is 0 Å². The van der Waals surface area contributed by atoms with Crippen LogP contribution in [0.25, 0.3) is 0 Å². The number of halogens is 1. The zero-order valence-corrected chi connectivity index (χ0v) is 14.4. The van der Waals surface area contributed by atoms with Gasteiger partial charge in [0.05, 0.1) is 0 Å². The highest BCUT2D eigenvalue weighted by molar-refractivity contribution is 6.29. The first-order chi connectivity index (χ1) is 10.7. The molecule has 0 saturated carbocycles. The van der Waals surface area contributed by atoms with Crippen LogP contribution in [-0.4, -0.2) is 39.2 Å². The van der Waals surface area contributed by atoms with Gasteiger partial charge in [0, 0.05) is 25.7 Å². The number of nitrogens with one attached hydrogen (secondary N) is 1. The fourth-order valence-corrected chi connectivity index (χ4v) is 2.87. The molecule has 23 heavy (non-hydrogen) atoms. The highest BCUT2D eigenvalue weighted by Crippen LogP contribution is 2.21. The molecule has 0 spiro atoms. The highest BCUT2D eigenvalue weighted by Gasteiger charge is 2.28. The molecule has 8 heteroatoms. The number of aromatic nitrogens is 2. The Balaban J connectivity index is 2.06. The summed E-state index contributed by atoms with van der Waals surface area (Å²) in [6.45, 7) is 6.97. The minimum Gasteiger partial charge on any atom is -0.444 e. The number of carbonyl (C=O) groups excluding carboxylic acids is 1. The summed E-state index contributed by atoms with van der Waals surface area (Å²) in [6.07, 6.45) is 1.36. The van der Waals surface area contributed by atoms with E-state index < -0.39 is 16.9 Å². The maximum Gasteiger partial charge on any atom is 0.410 e. The molecule has 1 aliphatic heterocycles. The van der Waals surface area contributed by atoms with Gasteiger partial charge in [-0.3, -0.25) is 14.3 Å². The number of aromatic amines is 1. The molecule has 2 heterocycles. The smallest absolute Gasteiger partial charge is 0.410 e. The van der Waals surface area contributed by atoms with Crippen molar-refractivity contribution in [1.82, 2.24) is 14.5 Å². The zero-order chi connectivity index (χ0) is 17.2. The molecule has 1 amide bonds. The lowest BCUT2D eigenvalue weighted by Gasteiger charge is -2.34. The van der Waals surface area contributed by atoms with Crippen molar-refractivity contribution in [1.29, 1.82) is 0 Å². The molecular weight excluding hydrogens is 322 g/mol. The van der Waals surface area contributed by atoms with Crippen LogP contribution in [0.15, 0.2) is 15.7 Å². The number of hydrogen-bond acceptors (Lipinski definition) is 4. The normalized spacial score (nSPS) is 18.8. The van der Waals surface area contributed by atoms with E-state index in [1.54, 1.807) is 4.90 Å². The molecule has 0 radical (unpaired) electrons. The quantitative estimate of drug-likeness (QED) is 0.830. The van der Waals surface area contributed by atoms with Crippen molar-refractivity contribution in [3.05, 3.63) is 32.1 Å². The predicted molar refractivity (Wildman–Crippen MR) is 86.9 cm³/mol. The summed E-state index contributed by atoms with van der Waals surface area (Å²) in [7, 11) is 0. The van der Waals surface area contributed by atoms with E-state index in [4.69, 9.17) is 16.3 Å². The SMILES string of the molecule is CC(C)(C)OC(=O)N1CCC[C@@H](Cn2c(Cl)cc(=O)[nH]c2=O)C1. The lowest BCUT2D eigenvalue weighted by molar-refractivity contribution is 0.0156. The van der Waals surface area contributed by atoms with E-state index >= 15 is 0 Å². The van der Waals surface area contributed by atoms with Crippen LogP contribution in [0, 0.1) is 5.92 Å². The van der Waals surface area contributed by atoms with Crippen LogP contribution in [0.3, 0.4) is 0 Å². The molecule has 128 valence electrons. The number of amides is 1. The number of piperidine rings is 1. The van der Waals surface area contributed by atoms with E-state index in [2.05, 4.69) is 4.98 Å². The monoisotopic (exact) mass is 343 g/mol. The van der Waals surface area contributed by atoms with Crippen LogP contribution in [0.4, 0.5) is 4.79 Å². The molecule has 1 atom stereocenters. The molecule has 1 fully saturated rings. The van der Waals surface area contributed by atoms with Gasteiger partial charge in [0.1, 0.15) is 10.8 Å². The van der Waals surface area contributed by atoms with Gasteiger partial charge in [-0.25, -0.2) is 9.59 Å². The van der Waals surface area contributed by atoms with Crippen LogP contribution in [0.2, 0.25) is 5.15 Å². The van der Waals surface area contributed by atoms with Gasteiger partial charge in [-0.2, -0.15) is 0 Å². The third kappa shape index (κ3) is 4.86. The summed E-state index contributed by atoms with van der Waals surface area (Å²) in [5.41, 5.74) is -1.59. The van der Waals surface area contributed by atoms with Crippen molar-refractivity contribution in [2.45, 2.75) is 45.8 Å². The van der Waals surface area contributed by atoms with E-state index in [1.165, 1.54) is 10.6 Å². The molecule has 1 aromatic rings. The van der Waals surface area contributed by atoms with Crippen LogP contribution in [0.1, 0.15) is 33.6 Å². The topological polar surface area (TPSA) is 84.4 Å². The molecule has 2 rings (SSSR count).